The zero-order valence-electron chi connectivity index (χ0n) is 19.6. The van der Waals surface area contributed by atoms with Crippen LogP contribution in [0.25, 0.3) is 10.9 Å². The molecule has 2 N–H and O–H groups in total. The van der Waals surface area contributed by atoms with Crippen LogP contribution in [0.3, 0.4) is 0 Å². The summed E-state index contributed by atoms with van der Waals surface area (Å²) in [6, 6.07) is 14.0. The van der Waals surface area contributed by atoms with E-state index >= 15 is 0 Å². The Morgan fingerprint density at radius 1 is 1.09 bits per heavy atom. The molecule has 2 aromatic carbocycles. The first-order chi connectivity index (χ1) is 16.4. The number of amides is 1. The molecule has 176 valence electrons. The number of aromatic amines is 1. The Balaban J connectivity index is 1.77. The number of benzene rings is 2. The smallest absolute Gasteiger partial charge is 0.382 e. The third kappa shape index (κ3) is 3.72. The number of fused-ring (bicyclic) bond motifs is 1. The molecule has 4 rings (SSSR count). The molecule has 0 bridgehead atoms. The number of nitrogens with one attached hydrogen (secondary N) is 1. The first kappa shape index (κ1) is 23.4. The first-order valence-electron chi connectivity index (χ1n) is 11.5. The number of aliphatic hydroxyl groups excluding tert-OH is 1. The Labute approximate surface area is 198 Å². The third-order valence-corrected chi connectivity index (χ3v) is 6.92. The number of esters is 1. The first-order valence-corrected chi connectivity index (χ1v) is 11.5. The van der Waals surface area contributed by atoms with Gasteiger partial charge in [0.15, 0.2) is 11.8 Å². The molecule has 7 nitrogen and oxygen atoms in total. The van der Waals surface area contributed by atoms with Gasteiger partial charge in [-0.25, -0.2) is 14.1 Å². The number of hydrogen-bond donors (Lipinski definition) is 2. The molecule has 0 saturated heterocycles. The average molecular weight is 462 g/mol. The molecule has 0 aliphatic carbocycles. The van der Waals surface area contributed by atoms with Crippen LogP contribution in [0.5, 0.6) is 0 Å². The number of rotatable bonds is 8. The van der Waals surface area contributed by atoms with E-state index < -0.39 is 23.7 Å². The van der Waals surface area contributed by atoms with Gasteiger partial charge in [0.25, 0.3) is 0 Å². The number of aliphatic hydroxyl groups is 1. The molecule has 7 heteroatoms. The molecule has 2 heterocycles. The zero-order chi connectivity index (χ0) is 24.5. The minimum absolute atomic E-state index is 0.0933. The van der Waals surface area contributed by atoms with Crippen LogP contribution in [0, 0.1) is 0 Å². The van der Waals surface area contributed by atoms with E-state index in [1.54, 1.807) is 31.2 Å². The van der Waals surface area contributed by atoms with E-state index in [0.29, 0.717) is 30.6 Å². The van der Waals surface area contributed by atoms with Gasteiger partial charge in [-0.1, -0.05) is 37.3 Å². The van der Waals surface area contributed by atoms with E-state index in [1.165, 1.54) is 7.11 Å². The maximum absolute atomic E-state index is 13.5. The van der Waals surface area contributed by atoms with Gasteiger partial charge in [0.05, 0.1) is 25.8 Å². The fraction of sp³-hybridized carbons (Fsp3) is 0.296. The number of nitrogens with zero attached hydrogens (tertiary/aromatic N) is 1. The number of carbonyl (C=O) groups is 3. The van der Waals surface area contributed by atoms with Crippen LogP contribution in [0.15, 0.2) is 66.1 Å². The normalized spacial score (nSPS) is 20.2. The lowest BCUT2D eigenvalue weighted by Gasteiger charge is -2.37. The summed E-state index contributed by atoms with van der Waals surface area (Å²) in [6.45, 7) is 4.42. The van der Waals surface area contributed by atoms with Gasteiger partial charge in [-0.15, -0.1) is 0 Å². The number of hydrogen-bond acceptors (Lipinski definition) is 5. The fourth-order valence-corrected chi connectivity index (χ4v) is 5.04. The lowest BCUT2D eigenvalue weighted by molar-refractivity contribution is -0.872. The number of carbonyl (C=O) groups excluding carboxylic acids is 3. The van der Waals surface area contributed by atoms with Gasteiger partial charge in [0.2, 0.25) is 5.76 Å². The topological polar surface area (TPSA) is 96.5 Å². The number of ether oxygens (including phenoxy) is 1. The Morgan fingerprint density at radius 2 is 1.79 bits per heavy atom. The van der Waals surface area contributed by atoms with Crippen LogP contribution in [-0.2, 0) is 20.7 Å². The highest BCUT2D eigenvalue weighted by Crippen LogP contribution is 2.44. The van der Waals surface area contributed by atoms with Crippen molar-refractivity contribution in [1.29, 1.82) is 0 Å². The van der Waals surface area contributed by atoms with Crippen molar-refractivity contribution in [2.75, 3.05) is 20.2 Å². The van der Waals surface area contributed by atoms with E-state index in [1.807, 2.05) is 37.4 Å². The second kappa shape index (κ2) is 9.27. The van der Waals surface area contributed by atoms with Gasteiger partial charge in [-0.2, -0.15) is 0 Å². The predicted molar refractivity (Wildman–Crippen MR) is 128 cm³/mol. The second-order valence-corrected chi connectivity index (χ2v) is 8.54. The molecule has 3 aromatic rings. The highest BCUT2D eigenvalue weighted by atomic mass is 16.5. The maximum atomic E-state index is 13.5. The van der Waals surface area contributed by atoms with Crippen LogP contribution in [-0.4, -0.2) is 52.4 Å². The minimum atomic E-state index is -0.651. The molecular weight excluding hydrogens is 432 g/mol. The van der Waals surface area contributed by atoms with E-state index in [2.05, 4.69) is 4.98 Å². The summed E-state index contributed by atoms with van der Waals surface area (Å²) in [5.41, 5.74) is 3.32. The molecule has 0 fully saturated rings. The summed E-state index contributed by atoms with van der Waals surface area (Å²) in [7, 11) is 1.31. The van der Waals surface area contributed by atoms with E-state index in [4.69, 9.17) is 4.74 Å². The molecule has 0 spiro atoms. The SMILES string of the molecule is CCC(=O)C1=C(O)C(=O)[N+](CC)(CCc2c[nH]c3ccccc23)C1c1ccc(C(=O)OC)cc1. The van der Waals surface area contributed by atoms with Gasteiger partial charge in [-0.05, 0) is 30.7 Å². The van der Waals surface area contributed by atoms with Crippen LogP contribution >= 0.6 is 0 Å². The quantitative estimate of drug-likeness (QED) is 0.383. The molecule has 1 aromatic heterocycles. The van der Waals surface area contributed by atoms with E-state index in [-0.39, 0.29) is 22.3 Å². The van der Waals surface area contributed by atoms with Crippen molar-refractivity contribution in [3.05, 3.63) is 82.8 Å². The fourth-order valence-electron chi connectivity index (χ4n) is 5.04. The molecule has 2 atom stereocenters. The highest BCUT2D eigenvalue weighted by Gasteiger charge is 2.56. The van der Waals surface area contributed by atoms with Crippen LogP contribution in [0.2, 0.25) is 0 Å². The Kier molecular flexibility index (Phi) is 6.39. The van der Waals surface area contributed by atoms with Crippen molar-refractivity contribution in [3.8, 4) is 0 Å². The number of aromatic nitrogens is 1. The summed E-state index contributed by atoms with van der Waals surface area (Å²) >= 11 is 0. The van der Waals surface area contributed by atoms with Crippen LogP contribution in [0.4, 0.5) is 0 Å². The van der Waals surface area contributed by atoms with E-state index in [0.717, 1.165) is 16.5 Å². The Bertz CT molecular complexity index is 1290. The van der Waals surface area contributed by atoms with E-state index in [9.17, 15) is 19.5 Å². The number of H-pyrrole nitrogens is 1. The number of methoxy groups -OCH3 is 1. The van der Waals surface area contributed by atoms with Gasteiger partial charge in [0.1, 0.15) is 5.57 Å². The number of ketones is 1. The lowest BCUT2D eigenvalue weighted by Crippen LogP contribution is -2.53. The largest absolute Gasteiger partial charge is 0.500 e. The average Bonchev–Trinajstić information content (AvgIpc) is 3.39. The number of quaternary nitrogens is 1. The van der Waals surface area contributed by atoms with Crippen LogP contribution < -0.4 is 0 Å². The second-order valence-electron chi connectivity index (χ2n) is 8.54. The minimum Gasteiger partial charge on any atom is -0.500 e. The summed E-state index contributed by atoms with van der Waals surface area (Å²) in [5, 5.41) is 12.0. The zero-order valence-corrected chi connectivity index (χ0v) is 19.6. The molecule has 1 aliphatic rings. The molecule has 1 amide bonds. The van der Waals surface area contributed by atoms with Crippen LogP contribution in [0.1, 0.15) is 47.8 Å². The van der Waals surface area contributed by atoms with Crippen molar-refractivity contribution >= 4 is 28.6 Å². The summed E-state index contributed by atoms with van der Waals surface area (Å²) in [6.07, 6.45) is 2.71. The number of likely N-dealkylation sites (N-methyl/N-ethyl adjacent to an activating group) is 1. The highest BCUT2D eigenvalue weighted by molar-refractivity contribution is 6.06. The van der Waals surface area contributed by atoms with Crippen molar-refractivity contribution in [1.82, 2.24) is 4.98 Å². The number of Topliss-reactive ketones (excluding diaryl/α,β-unsaturated/α-hetero) is 1. The predicted octanol–water partition coefficient (Wildman–Crippen LogP) is 4.41. The summed E-state index contributed by atoms with van der Waals surface area (Å²) < 4.78 is 4.69. The van der Waals surface area contributed by atoms with Gasteiger partial charge in [0, 0.05) is 35.5 Å². The summed E-state index contributed by atoms with van der Waals surface area (Å²) in [5.74, 6) is -1.61. The van der Waals surface area contributed by atoms with Gasteiger partial charge in [-0.3, -0.25) is 4.79 Å². The maximum Gasteiger partial charge on any atom is 0.382 e. The third-order valence-electron chi connectivity index (χ3n) is 6.92. The molecular formula is C27H29N2O5+. The Morgan fingerprint density at radius 3 is 2.44 bits per heavy atom. The van der Waals surface area contributed by atoms with Crippen molar-refractivity contribution in [2.45, 2.75) is 32.7 Å². The lowest BCUT2D eigenvalue weighted by atomic mass is 9.92. The monoisotopic (exact) mass is 461 g/mol. The van der Waals surface area contributed by atoms with Gasteiger partial charge < -0.3 is 14.8 Å². The molecule has 0 saturated carbocycles. The van der Waals surface area contributed by atoms with Crippen molar-refractivity contribution < 1.29 is 28.7 Å². The standard InChI is InChI=1S/C27H28N2O5/c1-4-22(30)23-24(17-10-12-18(13-11-17)27(33)34-3)29(5-2,26(32)25(23)31)15-14-19-16-28-21-9-7-6-8-20(19)21/h6-13,16,24,28H,4-5,14-15H2,1-3H3/p+1. The summed E-state index contributed by atoms with van der Waals surface area (Å²) in [4.78, 5) is 41.6. The van der Waals surface area contributed by atoms with Gasteiger partial charge >= 0.3 is 11.9 Å². The molecule has 1 aliphatic heterocycles. The van der Waals surface area contributed by atoms with Crippen molar-refractivity contribution in [2.24, 2.45) is 0 Å². The number of para-hydroxylation sites is 1. The molecule has 0 radical (unpaired) electrons. The molecule has 34 heavy (non-hydrogen) atoms. The Hall–Kier alpha value is -3.71. The molecule has 2 unspecified atom stereocenters. The van der Waals surface area contributed by atoms with Crippen molar-refractivity contribution in [3.63, 3.8) is 0 Å².